The van der Waals surface area contributed by atoms with Crippen LogP contribution < -0.4 is 9.47 Å². The van der Waals surface area contributed by atoms with Gasteiger partial charge in [0.05, 0.1) is 13.2 Å². The molecule has 2 saturated heterocycles. The van der Waals surface area contributed by atoms with E-state index in [1.165, 1.54) is 21.9 Å². The Labute approximate surface area is 158 Å². The van der Waals surface area contributed by atoms with E-state index in [0.29, 0.717) is 13.2 Å². The maximum atomic E-state index is 6.10. The van der Waals surface area contributed by atoms with Crippen LogP contribution in [0.15, 0.2) is 60.7 Å². The van der Waals surface area contributed by atoms with E-state index in [-0.39, 0.29) is 12.2 Å². The number of ether oxygens (including phenoxy) is 4. The Morgan fingerprint density at radius 1 is 0.815 bits per heavy atom. The first-order chi connectivity index (χ1) is 13.3. The number of hydrogen-bond donors (Lipinski definition) is 0. The second-order valence-electron chi connectivity index (χ2n) is 7.12. The number of epoxide rings is 2. The smallest absolute Gasteiger partial charge is 0.123 e. The van der Waals surface area contributed by atoms with Crippen molar-refractivity contribution in [3.63, 3.8) is 0 Å². The van der Waals surface area contributed by atoms with Gasteiger partial charge in [0.15, 0.2) is 0 Å². The van der Waals surface area contributed by atoms with Crippen LogP contribution in [-0.2, 0) is 15.9 Å². The summed E-state index contributed by atoms with van der Waals surface area (Å²) in [5, 5.41) is 2.35. The van der Waals surface area contributed by atoms with E-state index in [0.717, 1.165) is 31.1 Å². The Bertz CT molecular complexity index is 925. The third-order valence-electron chi connectivity index (χ3n) is 4.95. The molecule has 2 atom stereocenters. The molecule has 4 heteroatoms. The summed E-state index contributed by atoms with van der Waals surface area (Å²) < 4.78 is 22.6. The van der Waals surface area contributed by atoms with Crippen molar-refractivity contribution in [2.75, 3.05) is 26.4 Å². The molecule has 2 aliphatic rings. The lowest BCUT2D eigenvalue weighted by Gasteiger charge is -2.15. The van der Waals surface area contributed by atoms with Gasteiger partial charge in [-0.15, -0.1) is 0 Å². The molecule has 138 valence electrons. The predicted octanol–water partition coefficient (Wildman–Crippen LogP) is 3.99. The van der Waals surface area contributed by atoms with E-state index >= 15 is 0 Å². The summed E-state index contributed by atoms with van der Waals surface area (Å²) in [5.41, 5.74) is 2.45. The average Bonchev–Trinajstić information content (AvgIpc) is 3.61. The summed E-state index contributed by atoms with van der Waals surface area (Å²) in [4.78, 5) is 0. The van der Waals surface area contributed by atoms with Gasteiger partial charge in [0.1, 0.15) is 36.9 Å². The molecular formula is C23H22O4. The summed E-state index contributed by atoms with van der Waals surface area (Å²) in [7, 11) is 0. The van der Waals surface area contributed by atoms with Crippen LogP contribution in [-0.4, -0.2) is 38.6 Å². The third kappa shape index (κ3) is 4.07. The molecule has 0 aromatic heterocycles. The fourth-order valence-electron chi connectivity index (χ4n) is 3.25. The summed E-state index contributed by atoms with van der Waals surface area (Å²) >= 11 is 0. The first-order valence-electron chi connectivity index (χ1n) is 9.43. The summed E-state index contributed by atoms with van der Waals surface area (Å²) in [6.45, 7) is 2.80. The first-order valence-corrected chi connectivity index (χ1v) is 9.43. The molecule has 0 aliphatic carbocycles. The van der Waals surface area contributed by atoms with E-state index in [1.54, 1.807) is 0 Å². The molecule has 2 heterocycles. The SMILES string of the molecule is c1ccc(Cc2c(OCC3CO3)ccc3ccc(OCC4CO4)cc23)cc1. The molecule has 2 unspecified atom stereocenters. The van der Waals surface area contributed by atoms with Crippen molar-refractivity contribution < 1.29 is 18.9 Å². The van der Waals surface area contributed by atoms with Crippen LogP contribution in [0.25, 0.3) is 10.8 Å². The first kappa shape index (κ1) is 16.6. The molecule has 27 heavy (non-hydrogen) atoms. The number of rotatable bonds is 8. The zero-order chi connectivity index (χ0) is 18.1. The van der Waals surface area contributed by atoms with E-state index in [9.17, 15) is 0 Å². The molecule has 0 radical (unpaired) electrons. The molecule has 0 bridgehead atoms. The molecule has 3 aromatic rings. The van der Waals surface area contributed by atoms with Crippen LogP contribution in [0, 0.1) is 0 Å². The standard InChI is InChI=1S/C23H22O4/c1-2-4-16(5-3-1)10-22-21-11-18(24-12-19-13-25-19)8-6-17(21)7-9-23(22)27-15-20-14-26-20/h1-9,11,19-20H,10,12-15H2. The maximum absolute atomic E-state index is 6.10. The minimum absolute atomic E-state index is 0.235. The van der Waals surface area contributed by atoms with Crippen molar-refractivity contribution >= 4 is 10.8 Å². The zero-order valence-electron chi connectivity index (χ0n) is 15.1. The number of hydrogen-bond acceptors (Lipinski definition) is 4. The van der Waals surface area contributed by atoms with Crippen molar-refractivity contribution in [2.24, 2.45) is 0 Å². The summed E-state index contributed by atoms with van der Waals surface area (Å²) in [6, 6.07) is 20.9. The van der Waals surface area contributed by atoms with Crippen LogP contribution in [0.1, 0.15) is 11.1 Å². The molecule has 0 amide bonds. The van der Waals surface area contributed by atoms with Crippen LogP contribution >= 0.6 is 0 Å². The highest BCUT2D eigenvalue weighted by molar-refractivity contribution is 5.89. The summed E-state index contributed by atoms with van der Waals surface area (Å²) in [6.07, 6.45) is 1.30. The lowest BCUT2D eigenvalue weighted by molar-refractivity contribution is 0.261. The molecular weight excluding hydrogens is 340 g/mol. The normalized spacial score (nSPS) is 20.4. The van der Waals surface area contributed by atoms with Crippen molar-refractivity contribution in [2.45, 2.75) is 18.6 Å². The van der Waals surface area contributed by atoms with Gasteiger partial charge in [0.25, 0.3) is 0 Å². The highest BCUT2D eigenvalue weighted by atomic mass is 16.6. The number of benzene rings is 3. The van der Waals surface area contributed by atoms with Gasteiger partial charge in [-0.1, -0.05) is 42.5 Å². The van der Waals surface area contributed by atoms with E-state index in [1.807, 2.05) is 12.1 Å². The van der Waals surface area contributed by atoms with Gasteiger partial charge in [-0.25, -0.2) is 0 Å². The molecule has 0 N–H and O–H groups in total. The Morgan fingerprint density at radius 3 is 2.26 bits per heavy atom. The minimum atomic E-state index is 0.235. The molecule has 4 nitrogen and oxygen atoms in total. The lowest BCUT2D eigenvalue weighted by Crippen LogP contribution is -2.07. The van der Waals surface area contributed by atoms with Crippen molar-refractivity contribution in [3.8, 4) is 11.5 Å². The van der Waals surface area contributed by atoms with Gasteiger partial charge < -0.3 is 18.9 Å². The zero-order valence-corrected chi connectivity index (χ0v) is 15.1. The minimum Gasteiger partial charge on any atom is -0.491 e. The van der Waals surface area contributed by atoms with Crippen LogP contribution in [0.5, 0.6) is 11.5 Å². The average molecular weight is 362 g/mol. The van der Waals surface area contributed by atoms with Crippen molar-refractivity contribution in [1.29, 1.82) is 0 Å². The van der Waals surface area contributed by atoms with Crippen molar-refractivity contribution in [1.82, 2.24) is 0 Å². The van der Waals surface area contributed by atoms with Gasteiger partial charge in [0.2, 0.25) is 0 Å². The van der Waals surface area contributed by atoms with Crippen LogP contribution in [0.3, 0.4) is 0 Å². The van der Waals surface area contributed by atoms with Gasteiger partial charge in [-0.05, 0) is 34.5 Å². The maximum Gasteiger partial charge on any atom is 0.123 e. The van der Waals surface area contributed by atoms with Gasteiger partial charge in [-0.2, -0.15) is 0 Å². The molecule has 3 aromatic carbocycles. The predicted molar refractivity (Wildman–Crippen MR) is 104 cm³/mol. The Kier molecular flexibility index (Phi) is 4.44. The second kappa shape index (κ2) is 7.22. The quantitative estimate of drug-likeness (QED) is 0.569. The van der Waals surface area contributed by atoms with Crippen LogP contribution in [0.4, 0.5) is 0 Å². The van der Waals surface area contributed by atoms with E-state index < -0.39 is 0 Å². The molecule has 0 spiro atoms. The third-order valence-corrected chi connectivity index (χ3v) is 4.95. The lowest BCUT2D eigenvalue weighted by atomic mass is 9.97. The molecule has 5 rings (SSSR count). The van der Waals surface area contributed by atoms with Gasteiger partial charge >= 0.3 is 0 Å². The Hall–Kier alpha value is -2.56. The highest BCUT2D eigenvalue weighted by Gasteiger charge is 2.24. The van der Waals surface area contributed by atoms with Gasteiger partial charge in [-0.3, -0.25) is 0 Å². The molecule has 2 aliphatic heterocycles. The topological polar surface area (TPSA) is 43.5 Å². The monoisotopic (exact) mass is 362 g/mol. The fraction of sp³-hybridized carbons (Fsp3) is 0.304. The van der Waals surface area contributed by atoms with Crippen molar-refractivity contribution in [3.05, 3.63) is 71.8 Å². The molecule has 0 saturated carbocycles. The largest absolute Gasteiger partial charge is 0.491 e. The second-order valence-corrected chi connectivity index (χ2v) is 7.12. The summed E-state index contributed by atoms with van der Waals surface area (Å²) in [5.74, 6) is 1.79. The molecule has 2 fully saturated rings. The Morgan fingerprint density at radius 2 is 1.52 bits per heavy atom. The Balaban J connectivity index is 1.50. The van der Waals surface area contributed by atoms with E-state index in [2.05, 4.69) is 48.5 Å². The van der Waals surface area contributed by atoms with E-state index in [4.69, 9.17) is 18.9 Å². The highest BCUT2D eigenvalue weighted by Crippen LogP contribution is 2.33. The fourth-order valence-corrected chi connectivity index (χ4v) is 3.25. The van der Waals surface area contributed by atoms with Gasteiger partial charge in [0, 0.05) is 12.0 Å². The number of fused-ring (bicyclic) bond motifs is 1. The van der Waals surface area contributed by atoms with Crippen LogP contribution in [0.2, 0.25) is 0 Å².